The number of nitrogens with zero attached hydrogens (tertiary/aromatic N) is 4. The molecule has 0 aliphatic rings. The van der Waals surface area contributed by atoms with E-state index >= 15 is 0 Å². The van der Waals surface area contributed by atoms with Crippen molar-refractivity contribution in [1.82, 2.24) is 0 Å². The van der Waals surface area contributed by atoms with Crippen molar-refractivity contribution in [2.45, 2.75) is 0 Å². The molecule has 1 rings (SSSR count). The molecule has 0 unspecified atom stereocenters. The fourth-order valence-electron chi connectivity index (χ4n) is 2.47. The van der Waals surface area contributed by atoms with Crippen LogP contribution in [0.3, 0.4) is 0 Å². The van der Waals surface area contributed by atoms with Gasteiger partial charge in [0.05, 0.1) is 22.7 Å². The fourth-order valence-corrected chi connectivity index (χ4v) is 2.47. The van der Waals surface area contributed by atoms with Crippen molar-refractivity contribution >= 4 is 28.8 Å². The maximum absolute atomic E-state index is 4.03. The van der Waals surface area contributed by atoms with Crippen molar-refractivity contribution in [2.75, 3.05) is 76.0 Å². The highest BCUT2D eigenvalue weighted by Crippen LogP contribution is 2.44. The maximum Gasteiger partial charge on any atom is 0.0694 e. The lowest BCUT2D eigenvalue weighted by Crippen LogP contribution is -2.23. The van der Waals surface area contributed by atoms with Gasteiger partial charge in [0.1, 0.15) is 0 Å². The molecule has 0 aliphatic heterocycles. The minimum atomic E-state index is 1.16. The van der Waals surface area contributed by atoms with Gasteiger partial charge in [-0.2, -0.15) is 0 Å². The molecular formula is C16H28N4. The molecular weight excluding hydrogens is 248 g/mol. The first-order valence-electron chi connectivity index (χ1n) is 6.75. The Labute approximate surface area is 123 Å². The van der Waals surface area contributed by atoms with E-state index in [0.717, 1.165) is 5.56 Å². The number of hydrogen-bond acceptors (Lipinski definition) is 4. The van der Waals surface area contributed by atoms with Gasteiger partial charge >= 0.3 is 0 Å². The summed E-state index contributed by atoms with van der Waals surface area (Å²) in [5, 5.41) is 0. The summed E-state index contributed by atoms with van der Waals surface area (Å²) < 4.78 is 0. The molecule has 0 aromatic heterocycles. The Hall–Kier alpha value is -1.84. The van der Waals surface area contributed by atoms with Crippen LogP contribution in [0, 0.1) is 0 Å². The maximum atomic E-state index is 4.03. The van der Waals surface area contributed by atoms with Crippen LogP contribution in [-0.2, 0) is 0 Å². The quantitative estimate of drug-likeness (QED) is 0.819. The van der Waals surface area contributed by atoms with E-state index in [2.05, 4.69) is 88.6 Å². The van der Waals surface area contributed by atoms with E-state index in [9.17, 15) is 0 Å². The van der Waals surface area contributed by atoms with Gasteiger partial charge < -0.3 is 19.6 Å². The molecule has 0 heterocycles. The second kappa shape index (κ2) is 6.07. The van der Waals surface area contributed by atoms with E-state index in [-0.39, 0.29) is 0 Å². The molecule has 20 heavy (non-hydrogen) atoms. The van der Waals surface area contributed by atoms with Crippen molar-refractivity contribution in [3.05, 3.63) is 18.2 Å². The van der Waals surface area contributed by atoms with Gasteiger partial charge in [-0.3, -0.25) is 0 Å². The highest BCUT2D eigenvalue weighted by molar-refractivity contribution is 5.95. The Morgan fingerprint density at radius 3 is 1.25 bits per heavy atom. The van der Waals surface area contributed by atoms with E-state index in [1.54, 1.807) is 0 Å². The summed E-state index contributed by atoms with van der Waals surface area (Å²) >= 11 is 0. The zero-order valence-electron chi connectivity index (χ0n) is 14.2. The first-order valence-corrected chi connectivity index (χ1v) is 6.75. The van der Waals surface area contributed by atoms with Crippen LogP contribution < -0.4 is 19.6 Å². The zero-order valence-corrected chi connectivity index (χ0v) is 14.2. The Morgan fingerprint density at radius 2 is 1.05 bits per heavy atom. The highest BCUT2D eigenvalue weighted by atomic mass is 15.2. The second-order valence-corrected chi connectivity index (χ2v) is 5.81. The van der Waals surface area contributed by atoms with Gasteiger partial charge in [-0.25, -0.2) is 0 Å². The van der Waals surface area contributed by atoms with E-state index in [1.807, 2.05) is 6.08 Å². The van der Waals surface area contributed by atoms with Crippen molar-refractivity contribution in [2.24, 2.45) is 0 Å². The van der Waals surface area contributed by atoms with E-state index in [1.165, 1.54) is 22.7 Å². The number of hydrogen-bond donors (Lipinski definition) is 0. The van der Waals surface area contributed by atoms with Crippen LogP contribution in [0.25, 0.3) is 6.08 Å². The monoisotopic (exact) mass is 276 g/mol. The van der Waals surface area contributed by atoms with Gasteiger partial charge in [-0.1, -0.05) is 12.7 Å². The van der Waals surface area contributed by atoms with Crippen LogP contribution in [0.2, 0.25) is 0 Å². The third-order valence-electron chi connectivity index (χ3n) is 3.33. The lowest BCUT2D eigenvalue weighted by molar-refractivity contribution is 1.04. The second-order valence-electron chi connectivity index (χ2n) is 5.81. The van der Waals surface area contributed by atoms with Gasteiger partial charge in [-0.05, 0) is 6.07 Å². The predicted molar refractivity (Wildman–Crippen MR) is 93.8 cm³/mol. The topological polar surface area (TPSA) is 13.0 Å². The molecule has 4 nitrogen and oxygen atoms in total. The molecule has 0 bridgehead atoms. The predicted octanol–water partition coefficient (Wildman–Crippen LogP) is 2.59. The van der Waals surface area contributed by atoms with E-state index in [0.29, 0.717) is 0 Å². The number of rotatable bonds is 5. The van der Waals surface area contributed by atoms with Gasteiger partial charge in [-0.15, -0.1) is 0 Å². The van der Waals surface area contributed by atoms with Crippen LogP contribution >= 0.6 is 0 Å². The van der Waals surface area contributed by atoms with E-state index in [4.69, 9.17) is 0 Å². The molecule has 1 aromatic rings. The summed E-state index contributed by atoms with van der Waals surface area (Å²) in [6, 6.07) is 2.23. The minimum Gasteiger partial charge on any atom is -0.376 e. The minimum absolute atomic E-state index is 1.16. The average molecular weight is 276 g/mol. The van der Waals surface area contributed by atoms with Gasteiger partial charge in [0.25, 0.3) is 0 Å². The standard InChI is InChI=1S/C16H28N4/c1-10-12-15(19(6)7)13(17(2)3)11-14(18(4)5)16(12)20(8)9/h10-11H,1H2,2-9H3. The van der Waals surface area contributed by atoms with Gasteiger partial charge in [0, 0.05) is 61.9 Å². The zero-order chi connectivity index (χ0) is 15.6. The Balaban J connectivity index is 3.84. The van der Waals surface area contributed by atoms with Crippen LogP contribution in [-0.4, -0.2) is 56.4 Å². The first kappa shape index (κ1) is 16.2. The molecule has 0 atom stereocenters. The number of anilines is 4. The van der Waals surface area contributed by atoms with Crippen LogP contribution in [0.15, 0.2) is 12.6 Å². The van der Waals surface area contributed by atoms with Crippen molar-refractivity contribution < 1.29 is 0 Å². The molecule has 4 heteroatoms. The molecule has 112 valence electrons. The van der Waals surface area contributed by atoms with Gasteiger partial charge in [0.2, 0.25) is 0 Å². The van der Waals surface area contributed by atoms with Gasteiger partial charge in [0.15, 0.2) is 0 Å². The molecule has 0 aliphatic carbocycles. The lowest BCUT2D eigenvalue weighted by Gasteiger charge is -2.32. The largest absolute Gasteiger partial charge is 0.376 e. The third-order valence-corrected chi connectivity index (χ3v) is 3.33. The lowest BCUT2D eigenvalue weighted by atomic mass is 10.0. The molecule has 0 N–H and O–H groups in total. The summed E-state index contributed by atoms with van der Waals surface area (Å²) in [6.45, 7) is 4.03. The SMILES string of the molecule is C=Cc1c(N(C)C)c(N(C)C)cc(N(C)C)c1N(C)C. The van der Waals surface area contributed by atoms with Crippen molar-refractivity contribution in [3.63, 3.8) is 0 Å². The van der Waals surface area contributed by atoms with Crippen LogP contribution in [0.5, 0.6) is 0 Å². The average Bonchev–Trinajstić information content (AvgIpc) is 2.34. The molecule has 0 saturated heterocycles. The summed E-state index contributed by atoms with van der Waals surface area (Å²) in [5.41, 5.74) is 5.94. The molecule has 0 spiro atoms. The summed E-state index contributed by atoms with van der Waals surface area (Å²) in [7, 11) is 16.6. The Bertz CT molecular complexity index is 449. The van der Waals surface area contributed by atoms with Crippen molar-refractivity contribution in [3.8, 4) is 0 Å². The number of benzene rings is 1. The molecule has 0 saturated carbocycles. The highest BCUT2D eigenvalue weighted by Gasteiger charge is 2.21. The normalized spacial score (nSPS) is 10.2. The van der Waals surface area contributed by atoms with Crippen LogP contribution in [0.4, 0.5) is 22.7 Å². The molecule has 0 amide bonds. The van der Waals surface area contributed by atoms with Crippen LogP contribution in [0.1, 0.15) is 5.56 Å². The fraction of sp³-hybridized carbons (Fsp3) is 0.500. The summed E-state index contributed by atoms with van der Waals surface area (Å²) in [6.07, 6.45) is 1.95. The molecule has 1 aromatic carbocycles. The van der Waals surface area contributed by atoms with E-state index < -0.39 is 0 Å². The molecule has 0 radical (unpaired) electrons. The Morgan fingerprint density at radius 1 is 0.700 bits per heavy atom. The summed E-state index contributed by atoms with van der Waals surface area (Å²) in [4.78, 5) is 8.60. The third kappa shape index (κ3) is 2.84. The summed E-state index contributed by atoms with van der Waals surface area (Å²) in [5.74, 6) is 0. The first-order chi connectivity index (χ1) is 9.22. The van der Waals surface area contributed by atoms with Crippen molar-refractivity contribution in [1.29, 1.82) is 0 Å². The smallest absolute Gasteiger partial charge is 0.0694 e. The molecule has 0 fully saturated rings. The Kier molecular flexibility index (Phi) is 4.93.